The number of nitrogens with one attached hydrogen (secondary N) is 3. The van der Waals surface area contributed by atoms with Crippen molar-refractivity contribution < 1.29 is 0 Å². The first-order chi connectivity index (χ1) is 11.8. The number of anilines is 2. The van der Waals surface area contributed by atoms with Crippen LogP contribution in [0, 0.1) is 0 Å². The van der Waals surface area contributed by atoms with Crippen LogP contribution in [0.15, 0.2) is 26.8 Å². The maximum absolute atomic E-state index is 10.2. The fourth-order valence-electron chi connectivity index (χ4n) is 1.83. The number of H-pyrrole nitrogens is 3. The van der Waals surface area contributed by atoms with Gasteiger partial charge in [0.1, 0.15) is 11.6 Å². The fraction of sp³-hybridized carbons (Fsp3) is 0.250. The molecule has 3 aromatic heterocycles. The number of hydrogen-bond acceptors (Lipinski definition) is 9. The SMILES string of the molecule is Cn1ccnc1CCc1nc(N)nc(N)n1.O=c1[nH]c(=O)[nH]c(=O)[nH]1. The summed E-state index contributed by atoms with van der Waals surface area (Å²) >= 11 is 0. The van der Waals surface area contributed by atoms with Crippen LogP contribution in [0.5, 0.6) is 0 Å². The van der Waals surface area contributed by atoms with Crippen LogP contribution in [-0.4, -0.2) is 39.5 Å². The van der Waals surface area contributed by atoms with Crippen molar-refractivity contribution >= 4 is 11.9 Å². The number of hydrogen-bond donors (Lipinski definition) is 5. The minimum absolute atomic E-state index is 0.155. The van der Waals surface area contributed by atoms with Crippen molar-refractivity contribution in [2.24, 2.45) is 7.05 Å². The molecule has 0 aromatic carbocycles. The van der Waals surface area contributed by atoms with Crippen molar-refractivity contribution in [3.8, 4) is 0 Å². The summed E-state index contributed by atoms with van der Waals surface area (Å²) < 4.78 is 1.95. The molecule has 0 fully saturated rings. The second-order valence-electron chi connectivity index (χ2n) is 4.78. The number of rotatable bonds is 3. The number of aryl methyl sites for hydroxylation is 3. The van der Waals surface area contributed by atoms with Crippen molar-refractivity contribution in [2.75, 3.05) is 11.5 Å². The average molecular weight is 348 g/mol. The first-order valence-corrected chi connectivity index (χ1v) is 6.98. The van der Waals surface area contributed by atoms with E-state index >= 15 is 0 Å². The van der Waals surface area contributed by atoms with E-state index in [0.717, 1.165) is 12.2 Å². The molecule has 0 aliphatic carbocycles. The lowest BCUT2D eigenvalue weighted by Gasteiger charge is -2.02. The van der Waals surface area contributed by atoms with E-state index in [-0.39, 0.29) is 11.9 Å². The van der Waals surface area contributed by atoms with Gasteiger partial charge in [-0.05, 0) is 0 Å². The van der Waals surface area contributed by atoms with Crippen LogP contribution < -0.4 is 28.5 Å². The average Bonchev–Trinajstić information content (AvgIpc) is 2.88. The predicted octanol–water partition coefficient (Wildman–Crippen LogP) is -2.69. The van der Waals surface area contributed by atoms with Gasteiger partial charge in [0, 0.05) is 32.3 Å². The molecule has 13 heteroatoms. The Hall–Kier alpha value is -3.77. The van der Waals surface area contributed by atoms with Gasteiger partial charge >= 0.3 is 17.1 Å². The van der Waals surface area contributed by atoms with E-state index in [1.54, 1.807) is 21.1 Å². The van der Waals surface area contributed by atoms with Crippen LogP contribution in [0.3, 0.4) is 0 Å². The van der Waals surface area contributed by atoms with Crippen molar-refractivity contribution in [3.63, 3.8) is 0 Å². The molecule has 0 aliphatic heterocycles. The summed E-state index contributed by atoms with van der Waals surface area (Å²) in [4.78, 5) is 51.8. The Morgan fingerprint density at radius 2 is 1.44 bits per heavy atom. The van der Waals surface area contributed by atoms with Gasteiger partial charge in [-0.3, -0.25) is 15.0 Å². The maximum atomic E-state index is 10.2. The monoisotopic (exact) mass is 348 g/mol. The minimum atomic E-state index is -0.802. The number of imidazole rings is 1. The van der Waals surface area contributed by atoms with Crippen LogP contribution in [-0.2, 0) is 19.9 Å². The summed E-state index contributed by atoms with van der Waals surface area (Å²) in [7, 11) is 1.94. The highest BCUT2D eigenvalue weighted by molar-refractivity contribution is 5.25. The van der Waals surface area contributed by atoms with Gasteiger partial charge in [0.2, 0.25) is 11.9 Å². The van der Waals surface area contributed by atoms with E-state index in [2.05, 4.69) is 19.9 Å². The summed E-state index contributed by atoms with van der Waals surface area (Å²) in [5.41, 5.74) is 8.54. The largest absolute Gasteiger partial charge is 0.368 e. The smallest absolute Gasteiger partial charge is 0.330 e. The van der Waals surface area contributed by atoms with Gasteiger partial charge in [-0.2, -0.15) is 15.0 Å². The molecule has 3 heterocycles. The van der Waals surface area contributed by atoms with E-state index in [1.165, 1.54) is 0 Å². The van der Waals surface area contributed by atoms with Gasteiger partial charge < -0.3 is 16.0 Å². The third-order valence-corrected chi connectivity index (χ3v) is 2.89. The van der Waals surface area contributed by atoms with Gasteiger partial charge in [-0.1, -0.05) is 0 Å². The van der Waals surface area contributed by atoms with E-state index in [9.17, 15) is 14.4 Å². The fourth-order valence-corrected chi connectivity index (χ4v) is 1.83. The lowest BCUT2D eigenvalue weighted by molar-refractivity contribution is 0.746. The summed E-state index contributed by atoms with van der Waals surface area (Å²) in [5.74, 6) is 1.87. The standard InChI is InChI=1S/C9H13N7.C3H3N3O3/c1-16-5-4-12-7(16)3-2-6-13-8(10)15-9(11)14-6;7-1-4-2(8)6-3(9)5-1/h4-5H,2-3H2,1H3,(H4,10,11,13,14,15);(H3,4,5,6,7,8,9). The third kappa shape index (κ3) is 5.42. The number of nitrogens with two attached hydrogens (primary N) is 2. The van der Waals surface area contributed by atoms with Crippen molar-refractivity contribution in [1.82, 2.24) is 39.5 Å². The van der Waals surface area contributed by atoms with E-state index < -0.39 is 17.1 Å². The molecule has 13 nitrogen and oxygen atoms in total. The second-order valence-corrected chi connectivity index (χ2v) is 4.78. The minimum Gasteiger partial charge on any atom is -0.368 e. The van der Waals surface area contributed by atoms with Crippen LogP contribution >= 0.6 is 0 Å². The summed E-state index contributed by atoms with van der Waals surface area (Å²) in [6, 6.07) is 0. The molecule has 132 valence electrons. The third-order valence-electron chi connectivity index (χ3n) is 2.89. The first kappa shape index (κ1) is 17.6. The van der Waals surface area contributed by atoms with Crippen molar-refractivity contribution in [2.45, 2.75) is 12.8 Å². The van der Waals surface area contributed by atoms with Crippen LogP contribution in [0.25, 0.3) is 0 Å². The summed E-state index contributed by atoms with van der Waals surface area (Å²) in [6.45, 7) is 0. The normalized spacial score (nSPS) is 10.1. The number of aromatic nitrogens is 8. The molecule has 0 bridgehead atoms. The molecule has 0 saturated heterocycles. The highest BCUT2D eigenvalue weighted by atomic mass is 16.2. The van der Waals surface area contributed by atoms with Gasteiger partial charge in [0.15, 0.2) is 0 Å². The van der Waals surface area contributed by atoms with E-state index in [0.29, 0.717) is 12.2 Å². The molecule has 3 rings (SSSR count). The zero-order valence-electron chi connectivity index (χ0n) is 13.2. The first-order valence-electron chi connectivity index (χ1n) is 6.98. The number of aromatic amines is 3. The molecule has 0 aliphatic rings. The summed E-state index contributed by atoms with van der Waals surface area (Å²) in [5, 5.41) is 0. The van der Waals surface area contributed by atoms with Crippen LogP contribution in [0.2, 0.25) is 0 Å². The highest BCUT2D eigenvalue weighted by Crippen LogP contribution is 2.03. The molecule has 0 saturated carbocycles. The van der Waals surface area contributed by atoms with E-state index in [1.807, 2.05) is 17.8 Å². The van der Waals surface area contributed by atoms with Crippen molar-refractivity contribution in [3.05, 3.63) is 55.5 Å². The van der Waals surface area contributed by atoms with E-state index in [4.69, 9.17) is 11.5 Å². The second kappa shape index (κ2) is 7.67. The zero-order chi connectivity index (χ0) is 18.4. The van der Waals surface area contributed by atoms with Gasteiger partial charge in [0.25, 0.3) is 0 Å². The zero-order valence-corrected chi connectivity index (χ0v) is 13.2. The number of nitrogens with zero attached hydrogens (tertiary/aromatic N) is 5. The topological polar surface area (TPSA) is 207 Å². The highest BCUT2D eigenvalue weighted by Gasteiger charge is 2.04. The Morgan fingerprint density at radius 3 is 1.88 bits per heavy atom. The Morgan fingerprint density at radius 1 is 0.920 bits per heavy atom. The van der Waals surface area contributed by atoms with Crippen molar-refractivity contribution in [1.29, 1.82) is 0 Å². The molecule has 25 heavy (non-hydrogen) atoms. The molecular weight excluding hydrogens is 332 g/mol. The molecule has 7 N–H and O–H groups in total. The molecule has 0 atom stereocenters. The molecule has 0 amide bonds. The van der Waals surface area contributed by atoms with Crippen LogP contribution in [0.4, 0.5) is 11.9 Å². The van der Waals surface area contributed by atoms with Crippen LogP contribution in [0.1, 0.15) is 11.6 Å². The Labute approximate surface area is 139 Å². The quantitative estimate of drug-likeness (QED) is 0.333. The van der Waals surface area contributed by atoms with Gasteiger partial charge in [-0.15, -0.1) is 0 Å². The molecule has 0 spiro atoms. The Kier molecular flexibility index (Phi) is 5.39. The van der Waals surface area contributed by atoms with Gasteiger partial charge in [-0.25, -0.2) is 19.4 Å². The molecular formula is C12H16N10O3. The Balaban J connectivity index is 0.000000212. The molecule has 0 unspecified atom stereocenters. The molecule has 3 aromatic rings. The lowest BCUT2D eigenvalue weighted by Crippen LogP contribution is -2.34. The summed E-state index contributed by atoms with van der Waals surface area (Å²) in [6.07, 6.45) is 5.03. The molecule has 0 radical (unpaired) electrons. The number of nitrogen functional groups attached to an aromatic ring is 2. The van der Waals surface area contributed by atoms with Gasteiger partial charge in [0.05, 0.1) is 0 Å². The Bertz CT molecular complexity index is 916. The lowest BCUT2D eigenvalue weighted by atomic mass is 10.3. The maximum Gasteiger partial charge on any atom is 0.330 e. The predicted molar refractivity (Wildman–Crippen MR) is 87.6 cm³/mol.